The van der Waals surface area contributed by atoms with Crippen LogP contribution in [-0.2, 0) is 18.0 Å². The van der Waals surface area contributed by atoms with Crippen molar-refractivity contribution in [1.82, 2.24) is 0 Å². The zero-order valence-electron chi connectivity index (χ0n) is 11.4. The average molecular weight is 310 g/mol. The third-order valence-electron chi connectivity index (χ3n) is 3.56. The highest BCUT2D eigenvalue weighted by Gasteiger charge is 2.24. The molecule has 1 nitrogen and oxygen atoms in total. The van der Waals surface area contributed by atoms with Gasteiger partial charge in [-0.3, -0.25) is 0 Å². The second-order valence-corrected chi connectivity index (χ2v) is 7.31. The first-order chi connectivity index (χ1) is 10.4. The molecule has 2 aromatic carbocycles. The Hall–Kier alpha value is -1.55. The molecular formula is C18H14OS2. The predicted octanol–water partition coefficient (Wildman–Crippen LogP) is 5.60. The van der Waals surface area contributed by atoms with Crippen molar-refractivity contribution in [2.45, 2.75) is 22.3 Å². The van der Waals surface area contributed by atoms with Crippen molar-refractivity contribution in [3.05, 3.63) is 71.8 Å². The fourth-order valence-corrected chi connectivity index (χ4v) is 5.10. The lowest BCUT2D eigenvalue weighted by atomic mass is 10.1. The van der Waals surface area contributed by atoms with E-state index in [4.69, 9.17) is 4.74 Å². The summed E-state index contributed by atoms with van der Waals surface area (Å²) < 4.78 is 7.06. The van der Waals surface area contributed by atoms with Crippen LogP contribution in [0.15, 0.2) is 69.8 Å². The Morgan fingerprint density at radius 1 is 0.810 bits per heavy atom. The van der Waals surface area contributed by atoms with E-state index in [1.54, 1.807) is 0 Å². The van der Waals surface area contributed by atoms with Crippen LogP contribution in [0, 0.1) is 0 Å². The molecule has 0 spiro atoms. The second kappa shape index (κ2) is 5.68. The van der Waals surface area contributed by atoms with Crippen LogP contribution in [0.25, 0.3) is 10.4 Å². The van der Waals surface area contributed by atoms with Crippen LogP contribution < -0.4 is 0 Å². The molecule has 0 N–H and O–H groups in total. The van der Waals surface area contributed by atoms with E-state index < -0.39 is 0 Å². The Balaban J connectivity index is 1.76. The minimum atomic E-state index is 0.741. The molecule has 1 aromatic heterocycles. The van der Waals surface area contributed by atoms with Gasteiger partial charge in [-0.15, -0.1) is 11.3 Å². The van der Waals surface area contributed by atoms with Gasteiger partial charge >= 0.3 is 0 Å². The molecule has 1 aliphatic rings. The fourth-order valence-electron chi connectivity index (χ4n) is 2.53. The normalized spacial score (nSPS) is 13.3. The zero-order chi connectivity index (χ0) is 14.1. The predicted molar refractivity (Wildman–Crippen MR) is 88.8 cm³/mol. The number of hydrogen-bond donors (Lipinski definition) is 0. The Morgan fingerprint density at radius 2 is 1.48 bits per heavy atom. The van der Waals surface area contributed by atoms with Crippen LogP contribution >= 0.6 is 23.1 Å². The summed E-state index contributed by atoms with van der Waals surface area (Å²) in [5, 5.41) is 0. The van der Waals surface area contributed by atoms with Gasteiger partial charge in [-0.05, 0) is 17.7 Å². The summed E-state index contributed by atoms with van der Waals surface area (Å²) in [5.41, 5.74) is 4.06. The Morgan fingerprint density at radius 3 is 2.24 bits per heavy atom. The fraction of sp³-hybridized carbons (Fsp3) is 0.111. The molecule has 0 aliphatic carbocycles. The number of ether oxygens (including phenoxy) is 1. The molecule has 0 saturated carbocycles. The molecule has 0 unspecified atom stereocenters. The highest BCUT2D eigenvalue weighted by molar-refractivity contribution is 8.01. The van der Waals surface area contributed by atoms with E-state index in [2.05, 4.69) is 60.7 Å². The molecule has 0 atom stereocenters. The summed E-state index contributed by atoms with van der Waals surface area (Å²) in [6, 6.07) is 21.2. The first kappa shape index (κ1) is 13.1. The van der Waals surface area contributed by atoms with E-state index >= 15 is 0 Å². The maximum absolute atomic E-state index is 5.69. The summed E-state index contributed by atoms with van der Waals surface area (Å²) in [7, 11) is 0. The Bertz CT molecular complexity index is 748. The zero-order valence-corrected chi connectivity index (χ0v) is 13.0. The monoisotopic (exact) mass is 310 g/mol. The summed E-state index contributed by atoms with van der Waals surface area (Å²) in [4.78, 5) is 2.65. The van der Waals surface area contributed by atoms with Gasteiger partial charge in [0.05, 0.1) is 17.4 Å². The van der Waals surface area contributed by atoms with E-state index in [1.807, 2.05) is 23.1 Å². The lowest BCUT2D eigenvalue weighted by molar-refractivity contribution is 0.134. The van der Waals surface area contributed by atoms with E-state index in [1.165, 1.54) is 30.7 Å². The van der Waals surface area contributed by atoms with Gasteiger partial charge in [0.2, 0.25) is 0 Å². The van der Waals surface area contributed by atoms with Gasteiger partial charge in [0, 0.05) is 20.9 Å². The highest BCUT2D eigenvalue weighted by atomic mass is 32.2. The van der Waals surface area contributed by atoms with Crippen molar-refractivity contribution in [2.24, 2.45) is 0 Å². The average Bonchev–Trinajstić information content (AvgIpc) is 3.13. The van der Waals surface area contributed by atoms with Crippen molar-refractivity contribution in [1.29, 1.82) is 0 Å². The van der Waals surface area contributed by atoms with Crippen LogP contribution in [0.5, 0.6) is 0 Å². The Labute approximate surface area is 132 Å². The van der Waals surface area contributed by atoms with Gasteiger partial charge in [0.15, 0.2) is 0 Å². The van der Waals surface area contributed by atoms with Gasteiger partial charge in [0.25, 0.3) is 0 Å². The molecule has 0 saturated heterocycles. The van der Waals surface area contributed by atoms with E-state index in [0.29, 0.717) is 0 Å². The van der Waals surface area contributed by atoms with Crippen molar-refractivity contribution >= 4 is 23.1 Å². The van der Waals surface area contributed by atoms with Gasteiger partial charge in [-0.1, -0.05) is 60.3 Å². The minimum Gasteiger partial charge on any atom is -0.372 e. The third-order valence-corrected chi connectivity index (χ3v) is 6.12. The third kappa shape index (κ3) is 2.53. The summed E-state index contributed by atoms with van der Waals surface area (Å²) in [6.07, 6.45) is 0. The van der Waals surface area contributed by atoms with Crippen LogP contribution in [0.1, 0.15) is 11.1 Å². The van der Waals surface area contributed by atoms with Gasteiger partial charge in [0.1, 0.15) is 0 Å². The van der Waals surface area contributed by atoms with Crippen LogP contribution in [0.4, 0.5) is 0 Å². The first-order valence-corrected chi connectivity index (χ1v) is 8.56. The van der Waals surface area contributed by atoms with Crippen molar-refractivity contribution < 1.29 is 4.74 Å². The standard InChI is InChI=1S/C18H14OS2/c1-3-7-13(8-4-1)17-15-11-19-12-16(15)18(21-17)20-14-9-5-2-6-10-14/h1-10H,11-12H2. The number of rotatable bonds is 3. The SMILES string of the molecule is c1ccc(Sc2sc(-c3ccccc3)c3c2COC3)cc1. The number of hydrogen-bond acceptors (Lipinski definition) is 3. The van der Waals surface area contributed by atoms with Crippen molar-refractivity contribution in [2.75, 3.05) is 0 Å². The molecule has 104 valence electrons. The molecule has 3 heteroatoms. The van der Waals surface area contributed by atoms with E-state index in [0.717, 1.165) is 13.2 Å². The van der Waals surface area contributed by atoms with Crippen LogP contribution in [-0.4, -0.2) is 0 Å². The van der Waals surface area contributed by atoms with Crippen molar-refractivity contribution in [3.8, 4) is 10.4 Å². The second-order valence-electron chi connectivity index (χ2n) is 4.95. The lowest BCUT2D eigenvalue weighted by Gasteiger charge is -2.01. The highest BCUT2D eigenvalue weighted by Crippen LogP contribution is 2.46. The van der Waals surface area contributed by atoms with Crippen LogP contribution in [0.2, 0.25) is 0 Å². The van der Waals surface area contributed by atoms with E-state index in [-0.39, 0.29) is 0 Å². The maximum Gasteiger partial charge on any atom is 0.0744 e. The summed E-state index contributed by atoms with van der Waals surface area (Å²) in [5.74, 6) is 0. The molecule has 2 heterocycles. The largest absolute Gasteiger partial charge is 0.372 e. The van der Waals surface area contributed by atoms with E-state index in [9.17, 15) is 0 Å². The van der Waals surface area contributed by atoms with Gasteiger partial charge < -0.3 is 4.74 Å². The molecule has 21 heavy (non-hydrogen) atoms. The van der Waals surface area contributed by atoms with Gasteiger partial charge in [-0.2, -0.15) is 0 Å². The summed E-state index contributed by atoms with van der Waals surface area (Å²) in [6.45, 7) is 1.49. The molecule has 4 rings (SSSR count). The number of thiophene rings is 1. The molecule has 0 fully saturated rings. The molecule has 0 amide bonds. The molecule has 3 aromatic rings. The molecular weight excluding hydrogens is 296 g/mol. The number of fused-ring (bicyclic) bond motifs is 1. The quantitative estimate of drug-likeness (QED) is 0.623. The Kier molecular flexibility index (Phi) is 3.55. The summed E-state index contributed by atoms with van der Waals surface area (Å²) >= 11 is 3.74. The first-order valence-electron chi connectivity index (χ1n) is 6.92. The van der Waals surface area contributed by atoms with Gasteiger partial charge in [-0.25, -0.2) is 0 Å². The number of benzene rings is 2. The van der Waals surface area contributed by atoms with Crippen molar-refractivity contribution in [3.63, 3.8) is 0 Å². The lowest BCUT2D eigenvalue weighted by Crippen LogP contribution is -1.80. The minimum absolute atomic E-state index is 0.741. The smallest absolute Gasteiger partial charge is 0.0744 e. The van der Waals surface area contributed by atoms with Crippen LogP contribution in [0.3, 0.4) is 0 Å². The topological polar surface area (TPSA) is 9.23 Å². The maximum atomic E-state index is 5.69. The molecule has 1 aliphatic heterocycles. The molecule has 0 radical (unpaired) electrons. The molecule has 0 bridgehead atoms.